The van der Waals surface area contributed by atoms with Crippen molar-refractivity contribution in [3.8, 4) is 5.75 Å². The van der Waals surface area contributed by atoms with Crippen molar-refractivity contribution in [2.24, 2.45) is 0 Å². The summed E-state index contributed by atoms with van der Waals surface area (Å²) in [5, 5.41) is 0. The molecule has 0 amide bonds. The van der Waals surface area contributed by atoms with Gasteiger partial charge in [-0.25, -0.2) is 0 Å². The van der Waals surface area contributed by atoms with E-state index in [1.54, 1.807) is 6.07 Å². The fourth-order valence-electron chi connectivity index (χ4n) is 0.933. The SMILES string of the molecule is CCCC(=O)Oc1cc(Br)ccc1Br. The first-order valence-corrected chi connectivity index (χ1v) is 5.88. The second-order valence-electron chi connectivity index (χ2n) is 2.80. The number of hydrogen-bond donors (Lipinski definition) is 0. The van der Waals surface area contributed by atoms with Gasteiger partial charge in [-0.05, 0) is 40.5 Å². The van der Waals surface area contributed by atoms with E-state index in [2.05, 4.69) is 31.9 Å². The van der Waals surface area contributed by atoms with Crippen molar-refractivity contribution in [1.82, 2.24) is 0 Å². The van der Waals surface area contributed by atoms with Gasteiger partial charge in [0, 0.05) is 10.9 Å². The molecule has 0 N–H and O–H groups in total. The average molecular weight is 322 g/mol. The molecule has 0 fully saturated rings. The predicted octanol–water partition coefficient (Wildman–Crippen LogP) is 3.92. The molecule has 0 aromatic heterocycles. The number of halogens is 2. The van der Waals surface area contributed by atoms with Gasteiger partial charge in [-0.2, -0.15) is 0 Å². The standard InChI is InChI=1S/C10H10Br2O2/c1-2-3-10(13)14-9-6-7(11)4-5-8(9)12/h4-6H,2-3H2,1H3. The van der Waals surface area contributed by atoms with Crippen LogP contribution < -0.4 is 4.74 Å². The molecule has 14 heavy (non-hydrogen) atoms. The predicted molar refractivity (Wildman–Crippen MR) is 62.4 cm³/mol. The minimum Gasteiger partial charge on any atom is -0.425 e. The van der Waals surface area contributed by atoms with Crippen molar-refractivity contribution >= 4 is 37.8 Å². The lowest BCUT2D eigenvalue weighted by atomic mass is 10.3. The van der Waals surface area contributed by atoms with Crippen LogP contribution in [0.3, 0.4) is 0 Å². The van der Waals surface area contributed by atoms with Crippen LogP contribution in [0, 0.1) is 0 Å². The highest BCUT2D eigenvalue weighted by Gasteiger charge is 2.07. The van der Waals surface area contributed by atoms with Crippen LogP contribution in [-0.2, 0) is 4.79 Å². The molecule has 0 aliphatic rings. The number of benzene rings is 1. The number of hydrogen-bond acceptors (Lipinski definition) is 2. The van der Waals surface area contributed by atoms with Crippen LogP contribution in [0.25, 0.3) is 0 Å². The zero-order chi connectivity index (χ0) is 10.6. The smallest absolute Gasteiger partial charge is 0.311 e. The Morgan fingerprint density at radius 2 is 2.14 bits per heavy atom. The van der Waals surface area contributed by atoms with E-state index in [9.17, 15) is 4.79 Å². The van der Waals surface area contributed by atoms with E-state index >= 15 is 0 Å². The topological polar surface area (TPSA) is 26.3 Å². The van der Waals surface area contributed by atoms with E-state index in [1.807, 2.05) is 19.1 Å². The molecule has 0 heterocycles. The minimum absolute atomic E-state index is 0.202. The van der Waals surface area contributed by atoms with Gasteiger partial charge in [-0.15, -0.1) is 0 Å². The highest BCUT2D eigenvalue weighted by Crippen LogP contribution is 2.28. The Bertz CT molecular complexity index is 337. The molecule has 0 radical (unpaired) electrons. The fraction of sp³-hybridized carbons (Fsp3) is 0.300. The van der Waals surface area contributed by atoms with Gasteiger partial charge < -0.3 is 4.74 Å². The molecule has 0 spiro atoms. The van der Waals surface area contributed by atoms with Crippen molar-refractivity contribution in [1.29, 1.82) is 0 Å². The zero-order valence-corrected chi connectivity index (χ0v) is 10.9. The molecule has 0 saturated carbocycles. The third-order valence-corrected chi connectivity index (χ3v) is 2.72. The third kappa shape index (κ3) is 3.42. The summed E-state index contributed by atoms with van der Waals surface area (Å²) in [5.41, 5.74) is 0. The van der Waals surface area contributed by atoms with E-state index in [4.69, 9.17) is 4.74 Å². The molecule has 76 valence electrons. The Kier molecular flexibility index (Phi) is 4.62. The van der Waals surface area contributed by atoms with Crippen molar-refractivity contribution < 1.29 is 9.53 Å². The van der Waals surface area contributed by atoms with Gasteiger partial charge in [0.2, 0.25) is 0 Å². The van der Waals surface area contributed by atoms with Crippen LogP contribution in [0.5, 0.6) is 5.75 Å². The summed E-state index contributed by atoms with van der Waals surface area (Å²) < 4.78 is 6.82. The van der Waals surface area contributed by atoms with Crippen LogP contribution in [0.4, 0.5) is 0 Å². The number of ether oxygens (including phenoxy) is 1. The summed E-state index contributed by atoms with van der Waals surface area (Å²) in [4.78, 5) is 11.2. The first-order valence-electron chi connectivity index (χ1n) is 4.29. The average Bonchev–Trinajstić information content (AvgIpc) is 2.12. The Balaban J connectivity index is 2.75. The molecule has 1 rings (SSSR count). The lowest BCUT2D eigenvalue weighted by molar-refractivity contribution is -0.134. The maximum Gasteiger partial charge on any atom is 0.311 e. The monoisotopic (exact) mass is 320 g/mol. The van der Waals surface area contributed by atoms with Gasteiger partial charge in [0.15, 0.2) is 0 Å². The Morgan fingerprint density at radius 1 is 1.43 bits per heavy atom. The second kappa shape index (κ2) is 5.51. The third-order valence-electron chi connectivity index (χ3n) is 1.57. The lowest BCUT2D eigenvalue weighted by Gasteiger charge is -2.05. The molecule has 0 atom stereocenters. The number of rotatable bonds is 3. The largest absolute Gasteiger partial charge is 0.425 e. The Labute approximate surface area is 99.9 Å². The van der Waals surface area contributed by atoms with Crippen LogP contribution in [0.15, 0.2) is 27.1 Å². The summed E-state index contributed by atoms with van der Waals surface area (Å²) in [5.74, 6) is 0.351. The number of carbonyl (C=O) groups excluding carboxylic acids is 1. The van der Waals surface area contributed by atoms with Crippen LogP contribution >= 0.6 is 31.9 Å². The molecule has 0 unspecified atom stereocenters. The summed E-state index contributed by atoms with van der Waals surface area (Å²) in [6.45, 7) is 1.94. The first-order chi connectivity index (χ1) is 6.63. The van der Waals surface area contributed by atoms with E-state index < -0.39 is 0 Å². The maximum atomic E-state index is 11.2. The number of esters is 1. The molecule has 0 aliphatic carbocycles. The van der Waals surface area contributed by atoms with E-state index in [0.717, 1.165) is 15.4 Å². The van der Waals surface area contributed by atoms with Gasteiger partial charge >= 0.3 is 5.97 Å². The molecule has 0 bridgehead atoms. The summed E-state index contributed by atoms with van der Waals surface area (Å²) >= 11 is 6.63. The summed E-state index contributed by atoms with van der Waals surface area (Å²) in [6.07, 6.45) is 1.24. The van der Waals surface area contributed by atoms with Crippen molar-refractivity contribution in [2.75, 3.05) is 0 Å². The molecule has 0 saturated heterocycles. The molecule has 4 heteroatoms. The Morgan fingerprint density at radius 3 is 2.79 bits per heavy atom. The Hall–Kier alpha value is -0.350. The summed E-state index contributed by atoms with van der Waals surface area (Å²) in [6, 6.07) is 5.47. The molecular weight excluding hydrogens is 312 g/mol. The molecule has 1 aromatic carbocycles. The van der Waals surface area contributed by atoms with Gasteiger partial charge in [-0.3, -0.25) is 4.79 Å². The highest BCUT2D eigenvalue weighted by atomic mass is 79.9. The van der Waals surface area contributed by atoms with Gasteiger partial charge in [0.25, 0.3) is 0 Å². The van der Waals surface area contributed by atoms with Crippen molar-refractivity contribution in [2.45, 2.75) is 19.8 Å². The quantitative estimate of drug-likeness (QED) is 0.623. The second-order valence-corrected chi connectivity index (χ2v) is 4.57. The fourth-order valence-corrected chi connectivity index (χ4v) is 1.60. The number of carbonyl (C=O) groups is 1. The van der Waals surface area contributed by atoms with Gasteiger partial charge in [0.05, 0.1) is 4.47 Å². The molecular formula is C10H10Br2O2. The molecule has 2 nitrogen and oxygen atoms in total. The van der Waals surface area contributed by atoms with E-state index in [0.29, 0.717) is 12.2 Å². The molecule has 0 aliphatic heterocycles. The first kappa shape index (κ1) is 11.7. The lowest BCUT2D eigenvalue weighted by Crippen LogP contribution is -2.07. The minimum atomic E-state index is -0.202. The van der Waals surface area contributed by atoms with Crippen LogP contribution in [0.1, 0.15) is 19.8 Å². The highest BCUT2D eigenvalue weighted by molar-refractivity contribution is 9.11. The van der Waals surface area contributed by atoms with Gasteiger partial charge in [0.1, 0.15) is 5.75 Å². The molecule has 1 aromatic rings. The van der Waals surface area contributed by atoms with Crippen molar-refractivity contribution in [3.05, 3.63) is 27.1 Å². The van der Waals surface area contributed by atoms with E-state index in [-0.39, 0.29) is 5.97 Å². The zero-order valence-electron chi connectivity index (χ0n) is 7.72. The summed E-state index contributed by atoms with van der Waals surface area (Å²) in [7, 11) is 0. The van der Waals surface area contributed by atoms with Crippen molar-refractivity contribution in [3.63, 3.8) is 0 Å². The maximum absolute atomic E-state index is 11.2. The van der Waals surface area contributed by atoms with E-state index in [1.165, 1.54) is 0 Å². The normalized spacial score (nSPS) is 9.93. The van der Waals surface area contributed by atoms with Crippen LogP contribution in [-0.4, -0.2) is 5.97 Å². The van der Waals surface area contributed by atoms with Crippen LogP contribution in [0.2, 0.25) is 0 Å². The van der Waals surface area contributed by atoms with Gasteiger partial charge in [-0.1, -0.05) is 22.9 Å².